The molecule has 2 heterocycles. The van der Waals surface area contributed by atoms with Gasteiger partial charge in [0.2, 0.25) is 0 Å². The van der Waals surface area contributed by atoms with E-state index in [4.69, 9.17) is 4.42 Å². The monoisotopic (exact) mass is 276 g/mol. The Morgan fingerprint density at radius 2 is 1.95 bits per heavy atom. The highest BCUT2D eigenvalue weighted by atomic mass is 16.4. The van der Waals surface area contributed by atoms with Crippen molar-refractivity contribution in [3.05, 3.63) is 60.3 Å². The predicted molar refractivity (Wildman–Crippen MR) is 83.5 cm³/mol. The number of aromatic nitrogens is 2. The fourth-order valence-corrected chi connectivity index (χ4v) is 2.28. The average molecular weight is 276 g/mol. The predicted octanol–water partition coefficient (Wildman–Crippen LogP) is 3.76. The molecule has 0 saturated carbocycles. The largest absolute Gasteiger partial charge is 0.422 e. The topological polar surface area (TPSA) is 66.2 Å². The van der Waals surface area contributed by atoms with Crippen molar-refractivity contribution < 1.29 is 4.42 Å². The molecule has 0 fully saturated rings. The summed E-state index contributed by atoms with van der Waals surface area (Å²) in [4.78, 5) is 7.49. The Morgan fingerprint density at radius 3 is 2.90 bits per heavy atom. The SMILES string of the molecule is C(=NNc1nc2ccccc2o1)c1c[nH]c2ccccc12. The van der Waals surface area contributed by atoms with Crippen molar-refractivity contribution in [2.75, 3.05) is 5.43 Å². The summed E-state index contributed by atoms with van der Waals surface area (Å²) in [5, 5.41) is 5.30. The van der Waals surface area contributed by atoms with E-state index in [2.05, 4.69) is 20.5 Å². The van der Waals surface area contributed by atoms with Gasteiger partial charge < -0.3 is 9.40 Å². The number of rotatable bonds is 3. The third kappa shape index (κ3) is 2.14. The molecule has 5 heteroatoms. The van der Waals surface area contributed by atoms with Crippen LogP contribution in [-0.2, 0) is 0 Å². The highest BCUT2D eigenvalue weighted by Crippen LogP contribution is 2.18. The molecule has 0 spiro atoms. The molecule has 0 unspecified atom stereocenters. The Hall–Kier alpha value is -3.08. The van der Waals surface area contributed by atoms with Gasteiger partial charge in [-0.1, -0.05) is 30.3 Å². The van der Waals surface area contributed by atoms with Crippen LogP contribution in [0, 0.1) is 0 Å². The normalized spacial score (nSPS) is 11.6. The second-order valence-electron chi connectivity index (χ2n) is 4.65. The lowest BCUT2D eigenvalue weighted by molar-refractivity contribution is 0.617. The first-order valence-corrected chi connectivity index (χ1v) is 6.61. The number of aromatic amines is 1. The minimum absolute atomic E-state index is 0.382. The number of nitrogens with zero attached hydrogens (tertiary/aromatic N) is 2. The zero-order chi connectivity index (χ0) is 14.1. The molecule has 5 nitrogen and oxygen atoms in total. The van der Waals surface area contributed by atoms with Crippen molar-refractivity contribution in [1.29, 1.82) is 0 Å². The molecule has 0 bridgehead atoms. The number of hydrogen-bond donors (Lipinski definition) is 2. The molecular weight excluding hydrogens is 264 g/mol. The van der Waals surface area contributed by atoms with Gasteiger partial charge in [0, 0.05) is 22.7 Å². The van der Waals surface area contributed by atoms with Gasteiger partial charge in [0.05, 0.1) is 6.21 Å². The van der Waals surface area contributed by atoms with E-state index < -0.39 is 0 Å². The van der Waals surface area contributed by atoms with Crippen molar-refractivity contribution in [2.24, 2.45) is 5.10 Å². The summed E-state index contributed by atoms with van der Waals surface area (Å²) in [6.07, 6.45) is 3.66. The van der Waals surface area contributed by atoms with E-state index in [1.165, 1.54) is 0 Å². The zero-order valence-corrected chi connectivity index (χ0v) is 11.1. The van der Waals surface area contributed by atoms with E-state index in [-0.39, 0.29) is 0 Å². The summed E-state index contributed by atoms with van der Waals surface area (Å²) >= 11 is 0. The summed E-state index contributed by atoms with van der Waals surface area (Å²) in [6, 6.07) is 16.1. The van der Waals surface area contributed by atoms with Crippen LogP contribution in [0.25, 0.3) is 22.0 Å². The van der Waals surface area contributed by atoms with Crippen LogP contribution in [-0.4, -0.2) is 16.2 Å². The molecule has 4 aromatic rings. The number of fused-ring (bicyclic) bond motifs is 2. The van der Waals surface area contributed by atoms with Crippen molar-refractivity contribution in [1.82, 2.24) is 9.97 Å². The van der Waals surface area contributed by atoms with Crippen LogP contribution in [0.2, 0.25) is 0 Å². The average Bonchev–Trinajstić information content (AvgIpc) is 3.11. The van der Waals surface area contributed by atoms with Crippen molar-refractivity contribution in [2.45, 2.75) is 0 Å². The van der Waals surface area contributed by atoms with Crippen LogP contribution in [0.5, 0.6) is 0 Å². The number of oxazole rings is 1. The molecule has 0 atom stereocenters. The number of benzene rings is 2. The van der Waals surface area contributed by atoms with Gasteiger partial charge in [0.25, 0.3) is 0 Å². The van der Waals surface area contributed by atoms with E-state index >= 15 is 0 Å². The summed E-state index contributed by atoms with van der Waals surface area (Å²) < 4.78 is 5.53. The lowest BCUT2D eigenvalue weighted by Gasteiger charge is -1.92. The Morgan fingerprint density at radius 1 is 1.10 bits per heavy atom. The van der Waals surface area contributed by atoms with Gasteiger partial charge in [0.1, 0.15) is 5.52 Å². The van der Waals surface area contributed by atoms with Crippen LogP contribution < -0.4 is 5.43 Å². The van der Waals surface area contributed by atoms with E-state index in [0.29, 0.717) is 6.01 Å². The Labute approximate surface area is 120 Å². The lowest BCUT2D eigenvalue weighted by Crippen LogP contribution is -1.89. The molecular formula is C16H12N4O. The van der Waals surface area contributed by atoms with Crippen LogP contribution in [0.4, 0.5) is 6.01 Å². The molecule has 102 valence electrons. The molecule has 21 heavy (non-hydrogen) atoms. The third-order valence-corrected chi connectivity index (χ3v) is 3.28. The highest BCUT2D eigenvalue weighted by molar-refractivity contribution is 5.99. The summed E-state index contributed by atoms with van der Waals surface area (Å²) in [7, 11) is 0. The number of hydrogen-bond acceptors (Lipinski definition) is 4. The van der Waals surface area contributed by atoms with Gasteiger partial charge >= 0.3 is 6.01 Å². The third-order valence-electron chi connectivity index (χ3n) is 3.28. The second-order valence-corrected chi connectivity index (χ2v) is 4.65. The minimum Gasteiger partial charge on any atom is -0.422 e. The molecule has 2 aromatic carbocycles. The van der Waals surface area contributed by atoms with Crippen LogP contribution in [0.3, 0.4) is 0 Å². The first-order chi connectivity index (χ1) is 10.4. The van der Waals surface area contributed by atoms with Gasteiger partial charge in [-0.2, -0.15) is 10.1 Å². The number of H-pyrrole nitrogens is 1. The van der Waals surface area contributed by atoms with Crippen LogP contribution in [0.1, 0.15) is 5.56 Å². The Bertz CT molecular complexity index is 902. The molecule has 0 aliphatic rings. The number of nitrogens with one attached hydrogen (secondary N) is 2. The zero-order valence-electron chi connectivity index (χ0n) is 11.1. The molecule has 0 amide bonds. The molecule has 0 aliphatic carbocycles. The van der Waals surface area contributed by atoms with Crippen molar-refractivity contribution in [3.63, 3.8) is 0 Å². The molecule has 0 radical (unpaired) electrons. The summed E-state index contributed by atoms with van der Waals surface area (Å²) in [6.45, 7) is 0. The number of para-hydroxylation sites is 3. The van der Waals surface area contributed by atoms with Crippen LogP contribution in [0.15, 0.2) is 64.2 Å². The van der Waals surface area contributed by atoms with Gasteiger partial charge in [-0.3, -0.25) is 0 Å². The fourth-order valence-electron chi connectivity index (χ4n) is 2.28. The molecule has 0 saturated heterocycles. The summed E-state index contributed by atoms with van der Waals surface area (Å²) in [5.74, 6) is 0. The van der Waals surface area contributed by atoms with E-state index in [9.17, 15) is 0 Å². The molecule has 4 rings (SSSR count). The summed E-state index contributed by atoms with van der Waals surface area (Å²) in [5.41, 5.74) is 6.45. The Balaban J connectivity index is 1.58. The maximum absolute atomic E-state index is 5.53. The highest BCUT2D eigenvalue weighted by Gasteiger charge is 2.03. The van der Waals surface area contributed by atoms with Crippen molar-refractivity contribution in [3.8, 4) is 0 Å². The minimum atomic E-state index is 0.382. The number of hydrazone groups is 1. The lowest BCUT2D eigenvalue weighted by atomic mass is 10.2. The van der Waals surface area contributed by atoms with Gasteiger partial charge in [0.15, 0.2) is 5.58 Å². The van der Waals surface area contributed by atoms with E-state index in [1.807, 2.05) is 54.7 Å². The van der Waals surface area contributed by atoms with Crippen LogP contribution >= 0.6 is 0 Å². The van der Waals surface area contributed by atoms with Crippen molar-refractivity contribution >= 4 is 34.2 Å². The van der Waals surface area contributed by atoms with Gasteiger partial charge in [-0.15, -0.1) is 0 Å². The smallest absolute Gasteiger partial charge is 0.316 e. The fraction of sp³-hybridized carbons (Fsp3) is 0. The number of anilines is 1. The van der Waals surface area contributed by atoms with E-state index in [1.54, 1.807) is 6.21 Å². The van der Waals surface area contributed by atoms with Gasteiger partial charge in [-0.05, 0) is 18.2 Å². The maximum atomic E-state index is 5.53. The quantitative estimate of drug-likeness (QED) is 0.442. The van der Waals surface area contributed by atoms with Gasteiger partial charge in [-0.25, -0.2) is 5.43 Å². The van der Waals surface area contributed by atoms with E-state index in [0.717, 1.165) is 27.6 Å². The maximum Gasteiger partial charge on any atom is 0.316 e. The molecule has 2 N–H and O–H groups in total. The second kappa shape index (κ2) is 4.79. The first kappa shape index (κ1) is 11.7. The first-order valence-electron chi connectivity index (χ1n) is 6.61. The molecule has 0 aliphatic heterocycles. The standard InChI is InChI=1S/C16H12N4O/c1-2-6-13-12(5-1)11(9-17-13)10-18-20-16-19-14-7-3-4-8-15(14)21-16/h1-10,17H,(H,19,20). The Kier molecular flexibility index (Phi) is 2.67. The molecule has 2 aromatic heterocycles.